The number of aromatic nitrogens is 1. The summed E-state index contributed by atoms with van der Waals surface area (Å²) >= 11 is 2.67. The van der Waals surface area contributed by atoms with Gasteiger partial charge in [0.15, 0.2) is 5.12 Å². The van der Waals surface area contributed by atoms with Crippen LogP contribution >= 0.6 is 23.1 Å². The smallest absolute Gasteiger partial charge is 0.316 e. The highest BCUT2D eigenvalue weighted by Crippen LogP contribution is 2.31. The predicted octanol–water partition coefficient (Wildman–Crippen LogP) is 3.61. The summed E-state index contributed by atoms with van der Waals surface area (Å²) in [7, 11) is 0. The highest BCUT2D eigenvalue weighted by Gasteiger charge is 2.28. The molecule has 1 aromatic carbocycles. The molecule has 1 heterocycles. The number of para-hydroxylation sites is 1. The zero-order valence-electron chi connectivity index (χ0n) is 12.0. The molecule has 0 aliphatic rings. The molecule has 6 heteroatoms. The van der Waals surface area contributed by atoms with Crippen LogP contribution in [0.15, 0.2) is 24.3 Å². The molecule has 0 radical (unpaired) electrons. The van der Waals surface area contributed by atoms with Crippen molar-refractivity contribution < 1.29 is 14.3 Å². The summed E-state index contributed by atoms with van der Waals surface area (Å²) in [5.41, 5.74) is 0.849. The van der Waals surface area contributed by atoms with E-state index in [-0.39, 0.29) is 17.5 Å². The van der Waals surface area contributed by atoms with E-state index in [9.17, 15) is 9.59 Å². The zero-order chi connectivity index (χ0) is 15.2. The number of esters is 1. The standard InChI is InChI=1S/C15H17NO3S2/c1-3-19-15(18)10(9-13(17)20-4-2)14-16-11-7-5-6-8-12(11)21-14/h5-8,10H,3-4,9H2,1-2H3. The highest BCUT2D eigenvalue weighted by atomic mass is 32.2. The lowest BCUT2D eigenvalue weighted by molar-refractivity contribution is -0.145. The zero-order valence-corrected chi connectivity index (χ0v) is 13.6. The number of thiazole rings is 1. The molecule has 21 heavy (non-hydrogen) atoms. The lowest BCUT2D eigenvalue weighted by atomic mass is 10.1. The van der Waals surface area contributed by atoms with Crippen molar-refractivity contribution in [1.82, 2.24) is 4.98 Å². The number of carbonyl (C=O) groups is 2. The van der Waals surface area contributed by atoms with Crippen LogP contribution in [-0.2, 0) is 14.3 Å². The number of rotatable bonds is 6. The highest BCUT2D eigenvalue weighted by molar-refractivity contribution is 8.13. The van der Waals surface area contributed by atoms with E-state index >= 15 is 0 Å². The van der Waals surface area contributed by atoms with Crippen LogP contribution in [-0.4, -0.2) is 28.4 Å². The summed E-state index contributed by atoms with van der Waals surface area (Å²) in [6, 6.07) is 7.70. The Bertz CT molecular complexity index is 606. The maximum absolute atomic E-state index is 12.1. The van der Waals surface area contributed by atoms with Gasteiger partial charge in [-0.1, -0.05) is 30.8 Å². The molecule has 0 bridgehead atoms. The van der Waals surface area contributed by atoms with Gasteiger partial charge in [-0.05, 0) is 24.8 Å². The van der Waals surface area contributed by atoms with Crippen LogP contribution < -0.4 is 0 Å². The molecule has 1 aromatic heterocycles. The number of hydrogen-bond acceptors (Lipinski definition) is 6. The average Bonchev–Trinajstić information content (AvgIpc) is 2.88. The molecule has 0 fully saturated rings. The van der Waals surface area contributed by atoms with Gasteiger partial charge < -0.3 is 4.74 Å². The minimum atomic E-state index is -0.603. The van der Waals surface area contributed by atoms with Crippen molar-refractivity contribution in [3.63, 3.8) is 0 Å². The van der Waals surface area contributed by atoms with Crippen LogP contribution in [0.3, 0.4) is 0 Å². The van der Waals surface area contributed by atoms with Crippen LogP contribution in [0.5, 0.6) is 0 Å². The van der Waals surface area contributed by atoms with Gasteiger partial charge in [-0.25, -0.2) is 4.98 Å². The van der Waals surface area contributed by atoms with Crippen LogP contribution in [0.4, 0.5) is 0 Å². The van der Waals surface area contributed by atoms with Gasteiger partial charge in [-0.3, -0.25) is 9.59 Å². The van der Waals surface area contributed by atoms with E-state index in [1.165, 1.54) is 23.1 Å². The molecule has 1 unspecified atom stereocenters. The number of nitrogens with zero attached hydrogens (tertiary/aromatic N) is 1. The molecule has 0 spiro atoms. The van der Waals surface area contributed by atoms with Gasteiger partial charge in [0, 0.05) is 6.42 Å². The maximum atomic E-state index is 12.1. The SMILES string of the molecule is CCOC(=O)C(CC(=O)SCC)c1nc2ccccc2s1. The van der Waals surface area contributed by atoms with E-state index in [0.29, 0.717) is 17.4 Å². The first-order chi connectivity index (χ1) is 10.2. The Labute approximate surface area is 131 Å². The molecule has 1 atom stereocenters. The van der Waals surface area contributed by atoms with Crippen molar-refractivity contribution in [3.8, 4) is 0 Å². The summed E-state index contributed by atoms with van der Waals surface area (Å²) in [5.74, 6) is -0.274. The Morgan fingerprint density at radius 1 is 1.33 bits per heavy atom. The second-order valence-electron chi connectivity index (χ2n) is 4.33. The lowest BCUT2D eigenvalue weighted by Crippen LogP contribution is -2.18. The minimum absolute atomic E-state index is 0.00481. The normalized spacial score (nSPS) is 12.3. The van der Waals surface area contributed by atoms with Gasteiger partial charge >= 0.3 is 5.97 Å². The average molecular weight is 323 g/mol. The second-order valence-corrected chi connectivity index (χ2v) is 6.72. The number of thioether (sulfide) groups is 1. The van der Waals surface area contributed by atoms with Gasteiger partial charge in [0.05, 0.1) is 16.8 Å². The van der Waals surface area contributed by atoms with Crippen molar-refractivity contribution in [2.24, 2.45) is 0 Å². The molecular formula is C15H17NO3S2. The van der Waals surface area contributed by atoms with E-state index in [0.717, 1.165) is 10.2 Å². The molecule has 2 aromatic rings. The second kappa shape index (κ2) is 7.56. The third-order valence-corrected chi connectivity index (χ3v) is 4.78. The molecule has 4 nitrogen and oxygen atoms in total. The van der Waals surface area contributed by atoms with E-state index in [4.69, 9.17) is 4.74 Å². The maximum Gasteiger partial charge on any atom is 0.316 e. The van der Waals surface area contributed by atoms with Crippen LogP contribution in [0.1, 0.15) is 31.2 Å². The third kappa shape index (κ3) is 4.04. The van der Waals surface area contributed by atoms with Crippen LogP contribution in [0.2, 0.25) is 0 Å². The Hall–Kier alpha value is -1.40. The number of carbonyl (C=O) groups excluding carboxylic acids is 2. The molecule has 0 saturated carbocycles. The van der Waals surface area contributed by atoms with Crippen LogP contribution in [0.25, 0.3) is 10.2 Å². The quantitative estimate of drug-likeness (QED) is 0.760. The third-order valence-electron chi connectivity index (χ3n) is 2.86. The molecule has 0 aliphatic carbocycles. The topological polar surface area (TPSA) is 56.3 Å². The molecule has 2 rings (SSSR count). The Kier molecular flexibility index (Phi) is 5.76. The van der Waals surface area contributed by atoms with E-state index in [1.807, 2.05) is 31.2 Å². The lowest BCUT2D eigenvalue weighted by Gasteiger charge is -2.11. The minimum Gasteiger partial charge on any atom is -0.465 e. The van der Waals surface area contributed by atoms with Crippen molar-refractivity contribution in [1.29, 1.82) is 0 Å². The summed E-state index contributed by atoms with van der Waals surface area (Å²) in [6.45, 7) is 3.98. The monoisotopic (exact) mass is 323 g/mol. The Balaban J connectivity index is 2.28. The molecule has 0 saturated heterocycles. The number of ether oxygens (including phenoxy) is 1. The van der Waals surface area contributed by atoms with E-state index in [2.05, 4.69) is 4.98 Å². The summed E-state index contributed by atoms with van der Waals surface area (Å²) in [5, 5.41) is 0.648. The van der Waals surface area contributed by atoms with Gasteiger partial charge in [-0.2, -0.15) is 0 Å². The first-order valence-electron chi connectivity index (χ1n) is 6.83. The number of hydrogen-bond donors (Lipinski definition) is 0. The van der Waals surface area contributed by atoms with Gasteiger partial charge in [-0.15, -0.1) is 11.3 Å². The predicted molar refractivity (Wildman–Crippen MR) is 86.8 cm³/mol. The van der Waals surface area contributed by atoms with Crippen molar-refractivity contribution in [2.45, 2.75) is 26.2 Å². The number of benzene rings is 1. The van der Waals surface area contributed by atoms with Crippen molar-refractivity contribution in [3.05, 3.63) is 29.3 Å². The first kappa shape index (κ1) is 16.0. The van der Waals surface area contributed by atoms with Crippen molar-refractivity contribution >= 4 is 44.4 Å². The van der Waals surface area contributed by atoms with Crippen molar-refractivity contribution in [2.75, 3.05) is 12.4 Å². The summed E-state index contributed by atoms with van der Waals surface area (Å²) in [6.07, 6.45) is 0.136. The summed E-state index contributed by atoms with van der Waals surface area (Å²) in [4.78, 5) is 28.5. The van der Waals surface area contributed by atoms with Gasteiger partial charge in [0.2, 0.25) is 0 Å². The summed E-state index contributed by atoms with van der Waals surface area (Å²) < 4.78 is 6.11. The molecule has 112 valence electrons. The molecular weight excluding hydrogens is 306 g/mol. The van der Waals surface area contributed by atoms with E-state index in [1.54, 1.807) is 6.92 Å². The fraction of sp³-hybridized carbons (Fsp3) is 0.400. The number of fused-ring (bicyclic) bond motifs is 1. The molecule has 0 amide bonds. The fourth-order valence-electron chi connectivity index (χ4n) is 1.94. The Morgan fingerprint density at radius 3 is 2.76 bits per heavy atom. The fourth-order valence-corrected chi connectivity index (χ4v) is 3.60. The first-order valence-corrected chi connectivity index (χ1v) is 8.63. The van der Waals surface area contributed by atoms with Gasteiger partial charge in [0.1, 0.15) is 10.9 Å². The van der Waals surface area contributed by atoms with Gasteiger partial charge in [0.25, 0.3) is 0 Å². The largest absolute Gasteiger partial charge is 0.465 e. The Morgan fingerprint density at radius 2 is 2.10 bits per heavy atom. The molecule has 0 N–H and O–H groups in total. The molecule has 0 aliphatic heterocycles. The van der Waals surface area contributed by atoms with E-state index < -0.39 is 5.92 Å². The van der Waals surface area contributed by atoms with Crippen LogP contribution in [0, 0.1) is 0 Å².